The zero-order chi connectivity index (χ0) is 19.9. The van der Waals surface area contributed by atoms with Crippen LogP contribution in [0.15, 0.2) is 30.3 Å². The van der Waals surface area contributed by atoms with Gasteiger partial charge in [0.05, 0.1) is 18.8 Å². The zero-order valence-corrected chi connectivity index (χ0v) is 16.1. The van der Waals surface area contributed by atoms with E-state index < -0.39 is 21.8 Å². The lowest BCUT2D eigenvalue weighted by molar-refractivity contribution is 0.0685. The summed E-state index contributed by atoms with van der Waals surface area (Å²) in [5.41, 5.74) is 1.08. The SMILES string of the molecule is CS(=O)(=O)N1CCN(C(=O)c2nnn3c2C(=O)NC(c2ccccc2)C3)CC1. The van der Waals surface area contributed by atoms with Gasteiger partial charge in [-0.15, -0.1) is 5.10 Å². The topological polar surface area (TPSA) is 118 Å². The largest absolute Gasteiger partial charge is 0.342 e. The Labute approximate surface area is 162 Å². The lowest BCUT2D eigenvalue weighted by Crippen LogP contribution is -2.50. The Kier molecular flexibility index (Phi) is 4.63. The van der Waals surface area contributed by atoms with E-state index in [-0.39, 0.29) is 43.6 Å². The second-order valence-corrected chi connectivity index (χ2v) is 8.84. The first-order valence-corrected chi connectivity index (χ1v) is 10.7. The number of benzene rings is 1. The number of nitrogens with zero attached hydrogens (tertiary/aromatic N) is 5. The first kappa shape index (κ1) is 18.6. The van der Waals surface area contributed by atoms with Crippen molar-refractivity contribution >= 4 is 21.8 Å². The number of hydrogen-bond donors (Lipinski definition) is 1. The van der Waals surface area contributed by atoms with Crippen molar-refractivity contribution in [1.29, 1.82) is 0 Å². The molecule has 2 aromatic rings. The maximum Gasteiger partial charge on any atom is 0.276 e. The molecule has 10 nitrogen and oxygen atoms in total. The minimum atomic E-state index is -3.29. The molecular weight excluding hydrogens is 384 g/mol. The molecule has 2 amide bonds. The molecule has 0 aliphatic carbocycles. The Morgan fingerprint density at radius 3 is 2.46 bits per heavy atom. The van der Waals surface area contributed by atoms with Crippen molar-refractivity contribution in [1.82, 2.24) is 29.5 Å². The van der Waals surface area contributed by atoms with Gasteiger partial charge in [-0.2, -0.15) is 4.31 Å². The summed E-state index contributed by atoms with van der Waals surface area (Å²) in [5.74, 6) is -0.814. The van der Waals surface area contributed by atoms with E-state index in [4.69, 9.17) is 0 Å². The predicted molar refractivity (Wildman–Crippen MR) is 99.0 cm³/mol. The van der Waals surface area contributed by atoms with Gasteiger partial charge in [0.25, 0.3) is 11.8 Å². The van der Waals surface area contributed by atoms with Crippen molar-refractivity contribution in [2.75, 3.05) is 32.4 Å². The van der Waals surface area contributed by atoms with Crippen molar-refractivity contribution in [3.05, 3.63) is 47.3 Å². The molecule has 0 saturated carbocycles. The normalized spacial score (nSPS) is 20.5. The first-order valence-electron chi connectivity index (χ1n) is 8.88. The summed E-state index contributed by atoms with van der Waals surface area (Å²) in [6, 6.07) is 9.27. The molecule has 0 spiro atoms. The van der Waals surface area contributed by atoms with Crippen molar-refractivity contribution in [2.45, 2.75) is 12.6 Å². The van der Waals surface area contributed by atoms with E-state index in [2.05, 4.69) is 15.6 Å². The molecule has 1 saturated heterocycles. The molecule has 1 N–H and O–H groups in total. The molecule has 148 valence electrons. The summed E-state index contributed by atoms with van der Waals surface area (Å²) in [5, 5.41) is 10.9. The van der Waals surface area contributed by atoms with Crippen LogP contribution in [0.25, 0.3) is 0 Å². The quantitative estimate of drug-likeness (QED) is 0.736. The minimum Gasteiger partial charge on any atom is -0.342 e. The van der Waals surface area contributed by atoms with Crippen LogP contribution in [0, 0.1) is 0 Å². The number of rotatable bonds is 3. The van der Waals surface area contributed by atoms with E-state index in [0.717, 1.165) is 11.8 Å². The minimum absolute atomic E-state index is 0.00295. The molecule has 3 heterocycles. The third-order valence-electron chi connectivity index (χ3n) is 5.01. The highest BCUT2D eigenvalue weighted by Gasteiger charge is 2.35. The number of fused-ring (bicyclic) bond motifs is 1. The van der Waals surface area contributed by atoms with E-state index >= 15 is 0 Å². The van der Waals surface area contributed by atoms with Crippen molar-refractivity contribution in [3.63, 3.8) is 0 Å². The number of aromatic nitrogens is 3. The van der Waals surface area contributed by atoms with Gasteiger partial charge in [0.15, 0.2) is 11.4 Å². The fourth-order valence-corrected chi connectivity index (χ4v) is 4.33. The van der Waals surface area contributed by atoms with Crippen LogP contribution in [0.3, 0.4) is 0 Å². The average molecular weight is 404 g/mol. The number of carbonyl (C=O) groups is 2. The summed E-state index contributed by atoms with van der Waals surface area (Å²) in [6.07, 6.45) is 1.15. The second-order valence-electron chi connectivity index (χ2n) is 6.86. The van der Waals surface area contributed by atoms with Crippen LogP contribution >= 0.6 is 0 Å². The third-order valence-corrected chi connectivity index (χ3v) is 6.31. The predicted octanol–water partition coefficient (Wildman–Crippen LogP) is -0.520. The van der Waals surface area contributed by atoms with Gasteiger partial charge < -0.3 is 10.2 Å². The van der Waals surface area contributed by atoms with Crippen LogP contribution in [-0.2, 0) is 16.6 Å². The number of piperazine rings is 1. The standard InChI is InChI=1S/C17H20N6O4S/c1-28(26,27)22-9-7-21(8-10-22)17(25)14-15-16(24)18-13(11-23(15)20-19-14)12-5-3-2-4-6-12/h2-6,13H,7-11H2,1H3,(H,18,24). The molecule has 28 heavy (non-hydrogen) atoms. The molecule has 2 aliphatic rings. The monoisotopic (exact) mass is 404 g/mol. The Balaban J connectivity index is 1.52. The number of hydrogen-bond acceptors (Lipinski definition) is 6. The zero-order valence-electron chi connectivity index (χ0n) is 15.3. The van der Waals surface area contributed by atoms with Gasteiger partial charge >= 0.3 is 0 Å². The second kappa shape index (κ2) is 6.99. The smallest absolute Gasteiger partial charge is 0.276 e. The Bertz CT molecular complexity index is 1010. The summed E-state index contributed by atoms with van der Waals surface area (Å²) in [4.78, 5) is 27.0. The molecule has 1 aromatic heterocycles. The molecule has 1 unspecified atom stereocenters. The van der Waals surface area contributed by atoms with E-state index in [1.54, 1.807) is 0 Å². The molecule has 0 bridgehead atoms. The molecule has 1 atom stereocenters. The van der Waals surface area contributed by atoms with Crippen LogP contribution in [0.4, 0.5) is 0 Å². The van der Waals surface area contributed by atoms with Crippen molar-refractivity contribution < 1.29 is 18.0 Å². The maximum absolute atomic E-state index is 12.8. The average Bonchev–Trinajstić information content (AvgIpc) is 3.12. The van der Waals surface area contributed by atoms with Gasteiger partial charge in [-0.25, -0.2) is 13.1 Å². The first-order chi connectivity index (χ1) is 13.3. The highest BCUT2D eigenvalue weighted by Crippen LogP contribution is 2.22. The summed E-state index contributed by atoms with van der Waals surface area (Å²) in [6.45, 7) is 1.30. The fraction of sp³-hybridized carbons (Fsp3) is 0.412. The van der Waals surface area contributed by atoms with Crippen LogP contribution in [0.1, 0.15) is 32.6 Å². The summed E-state index contributed by atoms with van der Waals surface area (Å²) in [7, 11) is -3.29. The number of sulfonamides is 1. The van der Waals surface area contributed by atoms with Crippen LogP contribution in [0.5, 0.6) is 0 Å². The lowest BCUT2D eigenvalue weighted by atomic mass is 10.0. The summed E-state index contributed by atoms with van der Waals surface area (Å²) >= 11 is 0. The number of nitrogens with one attached hydrogen (secondary N) is 1. The summed E-state index contributed by atoms with van der Waals surface area (Å²) < 4.78 is 26.0. The van der Waals surface area contributed by atoms with Crippen molar-refractivity contribution in [2.24, 2.45) is 0 Å². The Morgan fingerprint density at radius 1 is 1.14 bits per heavy atom. The van der Waals surface area contributed by atoms with E-state index in [1.165, 1.54) is 13.9 Å². The van der Waals surface area contributed by atoms with Crippen LogP contribution in [0.2, 0.25) is 0 Å². The highest BCUT2D eigenvalue weighted by atomic mass is 32.2. The van der Waals surface area contributed by atoms with Gasteiger partial charge in [0.2, 0.25) is 10.0 Å². The molecule has 4 rings (SSSR count). The van der Waals surface area contributed by atoms with Crippen LogP contribution < -0.4 is 5.32 Å². The molecule has 11 heteroatoms. The molecule has 0 radical (unpaired) electrons. The lowest BCUT2D eigenvalue weighted by Gasteiger charge is -2.33. The Morgan fingerprint density at radius 2 is 1.82 bits per heavy atom. The van der Waals surface area contributed by atoms with Crippen molar-refractivity contribution in [3.8, 4) is 0 Å². The van der Waals surface area contributed by atoms with Gasteiger partial charge in [0, 0.05) is 26.2 Å². The van der Waals surface area contributed by atoms with Gasteiger partial charge in [-0.05, 0) is 5.56 Å². The molecular formula is C17H20N6O4S. The van der Waals surface area contributed by atoms with E-state index in [0.29, 0.717) is 6.54 Å². The molecule has 1 aromatic carbocycles. The highest BCUT2D eigenvalue weighted by molar-refractivity contribution is 7.88. The Hall–Kier alpha value is -2.79. The third kappa shape index (κ3) is 3.38. The van der Waals surface area contributed by atoms with Gasteiger partial charge in [0.1, 0.15) is 0 Å². The fourth-order valence-electron chi connectivity index (χ4n) is 3.50. The van der Waals surface area contributed by atoms with E-state index in [1.807, 2.05) is 30.3 Å². The van der Waals surface area contributed by atoms with Crippen LogP contribution in [-0.4, -0.2) is 76.9 Å². The molecule has 1 fully saturated rings. The number of carbonyl (C=O) groups excluding carboxylic acids is 2. The maximum atomic E-state index is 12.8. The van der Waals surface area contributed by atoms with Gasteiger partial charge in [-0.1, -0.05) is 35.5 Å². The molecule has 2 aliphatic heterocycles. The van der Waals surface area contributed by atoms with E-state index in [9.17, 15) is 18.0 Å². The number of amides is 2. The van der Waals surface area contributed by atoms with Gasteiger partial charge in [-0.3, -0.25) is 9.59 Å².